The molecule has 38 heavy (non-hydrogen) atoms. The summed E-state index contributed by atoms with van der Waals surface area (Å²) < 4.78 is 11.4. The van der Waals surface area contributed by atoms with E-state index in [1.807, 2.05) is 44.2 Å². The van der Waals surface area contributed by atoms with Crippen LogP contribution in [0.5, 0.6) is 5.88 Å². The van der Waals surface area contributed by atoms with E-state index in [0.29, 0.717) is 32.3 Å². The Morgan fingerprint density at radius 1 is 1.24 bits per heavy atom. The molecule has 0 radical (unpaired) electrons. The van der Waals surface area contributed by atoms with E-state index in [0.717, 1.165) is 28.1 Å². The molecule has 1 aromatic heterocycles. The third kappa shape index (κ3) is 8.17. The molecule has 1 fully saturated rings. The highest BCUT2D eigenvalue weighted by Gasteiger charge is 2.35. The molecule has 11 heteroatoms. The Labute approximate surface area is 223 Å². The van der Waals surface area contributed by atoms with E-state index in [1.165, 1.54) is 7.11 Å². The molecule has 210 valence electrons. The average molecular weight is 533 g/mol. The van der Waals surface area contributed by atoms with Crippen molar-refractivity contribution in [3.8, 4) is 5.88 Å². The van der Waals surface area contributed by atoms with E-state index in [2.05, 4.69) is 10.5 Å². The molecule has 0 bridgehead atoms. The average Bonchev–Trinajstić information content (AvgIpc) is 3.19. The van der Waals surface area contributed by atoms with E-state index in [4.69, 9.17) is 14.3 Å². The number of amides is 2. The van der Waals surface area contributed by atoms with E-state index >= 15 is 0 Å². The fourth-order valence-corrected chi connectivity index (χ4v) is 4.36. The zero-order valence-corrected chi connectivity index (χ0v) is 22.5. The van der Waals surface area contributed by atoms with Crippen LogP contribution < -0.4 is 16.2 Å². The van der Waals surface area contributed by atoms with Crippen LogP contribution >= 0.6 is 0 Å². The molecule has 0 unspecified atom stereocenters. The van der Waals surface area contributed by atoms with Gasteiger partial charge in [-0.25, -0.2) is 20.1 Å². The van der Waals surface area contributed by atoms with Crippen molar-refractivity contribution in [1.29, 1.82) is 0 Å². The highest BCUT2D eigenvalue weighted by Crippen LogP contribution is 2.20. The summed E-state index contributed by atoms with van der Waals surface area (Å²) in [4.78, 5) is 48.1. The quantitative estimate of drug-likeness (QED) is 0.318. The SMILES string of the molecule is COCc1[nH]c(=O)n(N(C(=O)CCC(C)C)[C@@H](CCCc2ccccc2)C(=O)NO[C@@H]2CCCCO2)c1O. The van der Waals surface area contributed by atoms with Crippen LogP contribution in [0.2, 0.25) is 0 Å². The number of nitrogens with zero attached hydrogens (tertiary/aromatic N) is 2. The van der Waals surface area contributed by atoms with Crippen LogP contribution in [0.15, 0.2) is 35.1 Å². The minimum Gasteiger partial charge on any atom is -0.492 e. The first kappa shape index (κ1) is 29.4. The van der Waals surface area contributed by atoms with Crippen LogP contribution in [0.25, 0.3) is 0 Å². The number of imidazole rings is 1. The molecule has 0 aliphatic carbocycles. The predicted octanol–water partition coefficient (Wildman–Crippen LogP) is 2.90. The van der Waals surface area contributed by atoms with Gasteiger partial charge in [-0.05, 0) is 50.0 Å². The van der Waals surface area contributed by atoms with Crippen molar-refractivity contribution < 1.29 is 29.0 Å². The Bertz CT molecular complexity index is 1080. The number of aromatic hydroxyl groups is 1. The first-order valence-corrected chi connectivity index (χ1v) is 13.3. The van der Waals surface area contributed by atoms with Gasteiger partial charge < -0.3 is 19.6 Å². The third-order valence-electron chi connectivity index (χ3n) is 6.43. The molecular weight excluding hydrogens is 492 g/mol. The number of hydrogen-bond donors (Lipinski definition) is 3. The zero-order chi connectivity index (χ0) is 27.5. The van der Waals surface area contributed by atoms with Gasteiger partial charge in [-0.2, -0.15) is 4.68 Å². The summed E-state index contributed by atoms with van der Waals surface area (Å²) in [5.74, 6) is -1.33. The van der Waals surface area contributed by atoms with E-state index in [-0.39, 0.29) is 31.1 Å². The van der Waals surface area contributed by atoms with E-state index in [1.54, 1.807) is 0 Å². The van der Waals surface area contributed by atoms with Crippen LogP contribution in [0, 0.1) is 5.92 Å². The maximum atomic E-state index is 13.6. The van der Waals surface area contributed by atoms with E-state index in [9.17, 15) is 19.5 Å². The van der Waals surface area contributed by atoms with Crippen LogP contribution in [0.3, 0.4) is 0 Å². The first-order chi connectivity index (χ1) is 18.3. The van der Waals surface area contributed by atoms with Gasteiger partial charge >= 0.3 is 5.69 Å². The number of H-pyrrole nitrogens is 1. The van der Waals surface area contributed by atoms with Crippen LogP contribution in [0.1, 0.15) is 70.1 Å². The lowest BCUT2D eigenvalue weighted by Gasteiger charge is -2.32. The number of aromatic nitrogens is 2. The Hall–Kier alpha value is -3.15. The number of carbonyl (C=O) groups is 2. The molecule has 3 N–H and O–H groups in total. The lowest BCUT2D eigenvalue weighted by atomic mass is 10.0. The summed E-state index contributed by atoms with van der Waals surface area (Å²) >= 11 is 0. The fraction of sp³-hybridized carbons (Fsp3) is 0.593. The maximum Gasteiger partial charge on any atom is 0.348 e. The number of methoxy groups -OCH3 is 1. The Morgan fingerprint density at radius 2 is 2.00 bits per heavy atom. The molecule has 11 nitrogen and oxygen atoms in total. The summed E-state index contributed by atoms with van der Waals surface area (Å²) in [6.07, 6.45) is 3.94. The topological polar surface area (TPSA) is 135 Å². The Morgan fingerprint density at radius 3 is 2.66 bits per heavy atom. The lowest BCUT2D eigenvalue weighted by Crippen LogP contribution is -2.57. The Balaban J connectivity index is 1.91. The van der Waals surface area contributed by atoms with Crippen LogP contribution in [-0.4, -0.2) is 52.6 Å². The van der Waals surface area contributed by atoms with Crippen molar-refractivity contribution in [1.82, 2.24) is 15.1 Å². The summed E-state index contributed by atoms with van der Waals surface area (Å²) in [5, 5.41) is 11.9. The van der Waals surface area contributed by atoms with Crippen molar-refractivity contribution in [2.45, 2.75) is 84.2 Å². The normalized spacial score (nSPS) is 16.4. The number of nitrogens with one attached hydrogen (secondary N) is 2. The van der Waals surface area contributed by atoms with Gasteiger partial charge in [0, 0.05) is 26.6 Å². The minimum atomic E-state index is -1.13. The van der Waals surface area contributed by atoms with Gasteiger partial charge in [-0.3, -0.25) is 9.59 Å². The fourth-order valence-electron chi connectivity index (χ4n) is 4.36. The molecule has 1 aromatic carbocycles. The van der Waals surface area contributed by atoms with E-state index < -0.39 is 35.7 Å². The molecule has 0 spiro atoms. The second kappa shape index (κ2) is 14.7. The molecule has 0 saturated carbocycles. The van der Waals surface area contributed by atoms with Gasteiger partial charge in [0.05, 0.1) is 6.61 Å². The number of carbonyl (C=O) groups excluding carboxylic acids is 2. The third-order valence-corrected chi connectivity index (χ3v) is 6.43. The smallest absolute Gasteiger partial charge is 0.348 e. The second-order valence-electron chi connectivity index (χ2n) is 9.92. The Kier molecular flexibility index (Phi) is 11.4. The molecule has 3 rings (SSSR count). The summed E-state index contributed by atoms with van der Waals surface area (Å²) in [6.45, 7) is 4.43. The van der Waals surface area contributed by atoms with Gasteiger partial charge in [0.2, 0.25) is 11.8 Å². The zero-order valence-electron chi connectivity index (χ0n) is 22.5. The molecule has 2 heterocycles. The summed E-state index contributed by atoms with van der Waals surface area (Å²) in [5.41, 5.74) is 2.90. The first-order valence-electron chi connectivity index (χ1n) is 13.3. The minimum absolute atomic E-state index is 0.0743. The van der Waals surface area contributed by atoms with Crippen molar-refractivity contribution in [2.24, 2.45) is 5.92 Å². The van der Waals surface area contributed by atoms with Crippen molar-refractivity contribution in [2.75, 3.05) is 18.7 Å². The molecule has 1 aliphatic rings. The molecule has 1 saturated heterocycles. The highest BCUT2D eigenvalue weighted by molar-refractivity contribution is 5.95. The van der Waals surface area contributed by atoms with Crippen LogP contribution in [0.4, 0.5) is 0 Å². The number of rotatable bonds is 14. The molecule has 1 aliphatic heterocycles. The highest BCUT2D eigenvalue weighted by atomic mass is 16.8. The maximum absolute atomic E-state index is 13.6. The lowest BCUT2D eigenvalue weighted by molar-refractivity contribution is -0.201. The number of aryl methyl sites for hydroxylation is 1. The number of hydroxylamine groups is 1. The number of benzene rings is 1. The standard InChI is InChI=1S/C27H40N4O7/c1-19(2)15-16-23(32)30(31-26(34)21(18-36-3)28-27(31)35)22(13-9-12-20-10-5-4-6-11-20)25(33)29-38-24-14-7-8-17-37-24/h4-6,10-11,19,22,24,34H,7-9,12-18H2,1-3H3,(H,28,35)(H,29,33)/t22-,24+/m0/s1. The largest absolute Gasteiger partial charge is 0.492 e. The number of hydrogen-bond acceptors (Lipinski definition) is 7. The molecule has 2 amide bonds. The van der Waals surface area contributed by atoms with Gasteiger partial charge in [-0.1, -0.05) is 44.2 Å². The molecule has 2 aromatic rings. The van der Waals surface area contributed by atoms with Gasteiger partial charge in [-0.15, -0.1) is 0 Å². The van der Waals surface area contributed by atoms with Gasteiger partial charge in [0.25, 0.3) is 5.91 Å². The monoisotopic (exact) mass is 532 g/mol. The summed E-state index contributed by atoms with van der Waals surface area (Å²) in [6, 6.07) is 8.66. The summed E-state index contributed by atoms with van der Waals surface area (Å²) in [7, 11) is 1.42. The van der Waals surface area contributed by atoms with Crippen molar-refractivity contribution >= 4 is 11.8 Å². The van der Waals surface area contributed by atoms with Crippen molar-refractivity contribution in [3.63, 3.8) is 0 Å². The van der Waals surface area contributed by atoms with Crippen LogP contribution in [-0.2, 0) is 36.9 Å². The number of aromatic amines is 1. The molecule has 2 atom stereocenters. The molecular formula is C27H40N4O7. The van der Waals surface area contributed by atoms with Gasteiger partial charge in [0.1, 0.15) is 11.7 Å². The van der Waals surface area contributed by atoms with Gasteiger partial charge in [0.15, 0.2) is 6.29 Å². The second-order valence-corrected chi connectivity index (χ2v) is 9.92. The number of ether oxygens (including phenoxy) is 2. The van der Waals surface area contributed by atoms with Crippen molar-refractivity contribution in [3.05, 3.63) is 52.1 Å². The predicted molar refractivity (Wildman–Crippen MR) is 141 cm³/mol.